The summed E-state index contributed by atoms with van der Waals surface area (Å²) in [5, 5.41) is 10.8. The molecule has 1 N–H and O–H groups in total. The standard InChI is InChI=1S/C22H34N2O4/c1-13-14(2)18-16(19(25)22(7,8)27-18)15(3)17(13)23-9-11-24(12-10-23)20(26)28-21(4,5)6/h19,25H,9-12H2,1-8H3. The fourth-order valence-corrected chi connectivity index (χ4v) is 4.17. The zero-order chi connectivity index (χ0) is 21.0. The van der Waals surface area contributed by atoms with Crippen molar-refractivity contribution < 1.29 is 19.4 Å². The monoisotopic (exact) mass is 390 g/mol. The lowest BCUT2D eigenvalue weighted by Gasteiger charge is -2.38. The molecule has 0 aliphatic carbocycles. The fourth-order valence-electron chi connectivity index (χ4n) is 4.17. The summed E-state index contributed by atoms with van der Waals surface area (Å²) in [4.78, 5) is 16.4. The zero-order valence-corrected chi connectivity index (χ0v) is 18.5. The van der Waals surface area contributed by atoms with Crippen LogP contribution in [0.25, 0.3) is 0 Å². The van der Waals surface area contributed by atoms with Gasteiger partial charge in [0.15, 0.2) is 0 Å². The van der Waals surface area contributed by atoms with E-state index >= 15 is 0 Å². The van der Waals surface area contributed by atoms with E-state index in [4.69, 9.17) is 9.47 Å². The number of carbonyl (C=O) groups is 1. The number of anilines is 1. The molecule has 28 heavy (non-hydrogen) atoms. The van der Waals surface area contributed by atoms with Crippen LogP contribution in [0.5, 0.6) is 5.75 Å². The lowest BCUT2D eigenvalue weighted by atomic mass is 9.89. The average Bonchev–Trinajstić information content (AvgIpc) is 2.82. The van der Waals surface area contributed by atoms with Crippen LogP contribution >= 0.6 is 0 Å². The van der Waals surface area contributed by atoms with E-state index in [2.05, 4.69) is 25.7 Å². The molecular formula is C22H34N2O4. The lowest BCUT2D eigenvalue weighted by molar-refractivity contribution is 0.000141. The highest BCUT2D eigenvalue weighted by molar-refractivity contribution is 5.72. The van der Waals surface area contributed by atoms with Gasteiger partial charge < -0.3 is 24.4 Å². The number of nitrogens with zero attached hydrogens (tertiary/aromatic N) is 2. The number of rotatable bonds is 1. The smallest absolute Gasteiger partial charge is 0.410 e. The Morgan fingerprint density at radius 3 is 2.18 bits per heavy atom. The first-order chi connectivity index (χ1) is 12.8. The van der Waals surface area contributed by atoms with Gasteiger partial charge in [-0.15, -0.1) is 0 Å². The van der Waals surface area contributed by atoms with Gasteiger partial charge in [-0.3, -0.25) is 0 Å². The van der Waals surface area contributed by atoms with E-state index in [1.54, 1.807) is 4.90 Å². The highest BCUT2D eigenvalue weighted by atomic mass is 16.6. The summed E-state index contributed by atoms with van der Waals surface area (Å²) in [6.45, 7) is 18.4. The van der Waals surface area contributed by atoms with Crippen LogP contribution in [0.2, 0.25) is 0 Å². The molecule has 2 aliphatic heterocycles. The van der Waals surface area contributed by atoms with Gasteiger partial charge in [-0.1, -0.05) is 0 Å². The molecular weight excluding hydrogens is 356 g/mol. The van der Waals surface area contributed by atoms with Gasteiger partial charge in [-0.05, 0) is 72.1 Å². The maximum atomic E-state index is 12.3. The number of fused-ring (bicyclic) bond motifs is 1. The zero-order valence-electron chi connectivity index (χ0n) is 18.5. The molecule has 1 atom stereocenters. The Morgan fingerprint density at radius 2 is 1.64 bits per heavy atom. The second-order valence-corrected chi connectivity index (χ2v) is 9.53. The van der Waals surface area contributed by atoms with Gasteiger partial charge in [-0.25, -0.2) is 4.79 Å². The topological polar surface area (TPSA) is 62.2 Å². The molecule has 0 aromatic heterocycles. The van der Waals surface area contributed by atoms with E-state index in [0.29, 0.717) is 13.1 Å². The number of aliphatic hydroxyl groups is 1. The molecule has 1 unspecified atom stereocenters. The molecule has 2 heterocycles. The minimum Gasteiger partial charge on any atom is -0.484 e. The van der Waals surface area contributed by atoms with Crippen molar-refractivity contribution in [3.63, 3.8) is 0 Å². The second kappa shape index (κ2) is 6.83. The van der Waals surface area contributed by atoms with Crippen LogP contribution in [-0.4, -0.2) is 53.5 Å². The van der Waals surface area contributed by atoms with E-state index in [1.807, 2.05) is 34.6 Å². The van der Waals surface area contributed by atoms with Gasteiger partial charge in [0.2, 0.25) is 0 Å². The Hall–Kier alpha value is -1.95. The summed E-state index contributed by atoms with van der Waals surface area (Å²) >= 11 is 0. The predicted octanol–water partition coefficient (Wildman–Crippen LogP) is 3.87. The molecule has 3 rings (SSSR count). The van der Waals surface area contributed by atoms with Gasteiger partial charge >= 0.3 is 6.09 Å². The normalized spacial score (nSPS) is 21.4. The van der Waals surface area contributed by atoms with Crippen LogP contribution in [0.15, 0.2) is 0 Å². The van der Waals surface area contributed by atoms with Crippen molar-refractivity contribution in [3.8, 4) is 5.75 Å². The van der Waals surface area contributed by atoms with Crippen LogP contribution in [0.4, 0.5) is 10.5 Å². The third-order valence-electron chi connectivity index (χ3n) is 5.81. The first-order valence-electron chi connectivity index (χ1n) is 10.1. The molecule has 1 aromatic rings. The van der Waals surface area contributed by atoms with E-state index in [-0.39, 0.29) is 6.09 Å². The number of piperazine rings is 1. The molecule has 156 valence electrons. The van der Waals surface area contributed by atoms with Crippen LogP contribution in [-0.2, 0) is 4.74 Å². The minimum atomic E-state index is -0.649. The Bertz CT molecular complexity index is 787. The Kier molecular flexibility index (Phi) is 5.07. The largest absolute Gasteiger partial charge is 0.484 e. The third kappa shape index (κ3) is 3.54. The van der Waals surface area contributed by atoms with Crippen molar-refractivity contribution in [2.45, 2.75) is 72.7 Å². The Morgan fingerprint density at radius 1 is 1.07 bits per heavy atom. The molecule has 0 radical (unpaired) electrons. The summed E-state index contributed by atoms with van der Waals surface area (Å²) in [6.07, 6.45) is -0.903. The van der Waals surface area contributed by atoms with Crippen molar-refractivity contribution >= 4 is 11.8 Å². The molecule has 1 saturated heterocycles. The van der Waals surface area contributed by atoms with E-state index < -0.39 is 17.3 Å². The molecule has 0 bridgehead atoms. The minimum absolute atomic E-state index is 0.253. The number of carbonyl (C=O) groups excluding carboxylic acids is 1. The van der Waals surface area contributed by atoms with Crippen LogP contribution in [0, 0.1) is 20.8 Å². The Labute approximate surface area is 168 Å². The van der Waals surface area contributed by atoms with Crippen molar-refractivity contribution in [1.82, 2.24) is 4.90 Å². The number of amides is 1. The third-order valence-corrected chi connectivity index (χ3v) is 5.81. The Balaban J connectivity index is 1.84. The van der Waals surface area contributed by atoms with Gasteiger partial charge in [0.05, 0.1) is 0 Å². The van der Waals surface area contributed by atoms with Crippen molar-refractivity contribution in [2.75, 3.05) is 31.1 Å². The summed E-state index contributed by atoms with van der Waals surface area (Å²) in [5.74, 6) is 0.823. The number of aliphatic hydroxyl groups excluding tert-OH is 1. The number of hydrogen-bond donors (Lipinski definition) is 1. The van der Waals surface area contributed by atoms with Crippen LogP contribution < -0.4 is 9.64 Å². The summed E-state index contributed by atoms with van der Waals surface area (Å²) in [6, 6.07) is 0. The van der Waals surface area contributed by atoms with Crippen molar-refractivity contribution in [2.24, 2.45) is 0 Å². The molecule has 1 amide bonds. The highest BCUT2D eigenvalue weighted by Gasteiger charge is 2.43. The van der Waals surface area contributed by atoms with E-state index in [9.17, 15) is 9.90 Å². The highest BCUT2D eigenvalue weighted by Crippen LogP contribution is 2.50. The molecule has 6 nitrogen and oxygen atoms in total. The van der Waals surface area contributed by atoms with Crippen molar-refractivity contribution in [3.05, 3.63) is 22.3 Å². The van der Waals surface area contributed by atoms with Gasteiger partial charge in [0, 0.05) is 37.4 Å². The maximum absolute atomic E-state index is 12.3. The summed E-state index contributed by atoms with van der Waals surface area (Å²) in [5.41, 5.74) is 4.27. The van der Waals surface area contributed by atoms with Crippen LogP contribution in [0.1, 0.15) is 63.0 Å². The van der Waals surface area contributed by atoms with E-state index in [1.165, 1.54) is 5.56 Å². The van der Waals surface area contributed by atoms with E-state index in [0.717, 1.165) is 41.2 Å². The molecule has 1 aromatic carbocycles. The number of benzene rings is 1. The second-order valence-electron chi connectivity index (χ2n) is 9.53. The molecule has 2 aliphatic rings. The average molecular weight is 391 g/mol. The quantitative estimate of drug-likeness (QED) is 0.789. The maximum Gasteiger partial charge on any atom is 0.410 e. The molecule has 1 fully saturated rings. The van der Waals surface area contributed by atoms with Crippen LogP contribution in [0.3, 0.4) is 0 Å². The lowest BCUT2D eigenvalue weighted by Crippen LogP contribution is -2.50. The first-order valence-corrected chi connectivity index (χ1v) is 10.1. The number of ether oxygens (including phenoxy) is 2. The van der Waals surface area contributed by atoms with Gasteiger partial charge in [0.25, 0.3) is 0 Å². The molecule has 6 heteroatoms. The fraction of sp³-hybridized carbons (Fsp3) is 0.682. The molecule has 0 spiro atoms. The van der Waals surface area contributed by atoms with Gasteiger partial charge in [0.1, 0.15) is 23.1 Å². The summed E-state index contributed by atoms with van der Waals surface area (Å²) in [7, 11) is 0. The first kappa shape index (κ1) is 20.8. The summed E-state index contributed by atoms with van der Waals surface area (Å²) < 4.78 is 11.6. The number of hydrogen-bond acceptors (Lipinski definition) is 5. The predicted molar refractivity (Wildman–Crippen MR) is 110 cm³/mol. The van der Waals surface area contributed by atoms with Crippen molar-refractivity contribution in [1.29, 1.82) is 0 Å². The SMILES string of the molecule is Cc1c(C)c(N2CCN(C(=O)OC(C)(C)C)CC2)c(C)c2c1OC(C)(C)C2O. The van der Waals surface area contributed by atoms with Gasteiger partial charge in [-0.2, -0.15) is 0 Å². The molecule has 0 saturated carbocycles.